The third-order valence-corrected chi connectivity index (χ3v) is 3.85. The van der Waals surface area contributed by atoms with E-state index in [0.29, 0.717) is 16.4 Å². The number of hydrogen-bond donors (Lipinski definition) is 2. The third-order valence-electron chi connectivity index (χ3n) is 3.09. The molecule has 0 atom stereocenters. The number of carboxylic acids is 1. The Morgan fingerprint density at radius 3 is 2.75 bits per heavy atom. The smallest absolute Gasteiger partial charge is 0.315 e. The summed E-state index contributed by atoms with van der Waals surface area (Å²) in [5.74, 6) is -1.19. The van der Waals surface area contributed by atoms with Crippen molar-refractivity contribution in [2.24, 2.45) is 0 Å². The molecule has 0 aliphatic carbocycles. The van der Waals surface area contributed by atoms with E-state index in [9.17, 15) is 9.18 Å². The molecule has 6 heteroatoms. The van der Waals surface area contributed by atoms with Crippen LogP contribution >= 0.6 is 11.3 Å². The predicted molar refractivity (Wildman–Crippen MR) is 77.2 cm³/mol. The molecule has 1 aromatic heterocycles. The van der Waals surface area contributed by atoms with Crippen molar-refractivity contribution in [1.82, 2.24) is 4.98 Å². The highest BCUT2D eigenvalue weighted by Crippen LogP contribution is 2.29. The molecule has 2 rings (SSSR count). The van der Waals surface area contributed by atoms with Gasteiger partial charge in [0.05, 0.1) is 5.69 Å². The molecule has 0 radical (unpaired) electrons. The molecule has 1 heterocycles. The van der Waals surface area contributed by atoms with Crippen LogP contribution in [0.4, 0.5) is 15.2 Å². The number of nitrogens with zero attached hydrogens (tertiary/aromatic N) is 1. The first kappa shape index (κ1) is 14.5. The zero-order valence-electron chi connectivity index (χ0n) is 11.4. The average Bonchev–Trinajstić information content (AvgIpc) is 2.83. The maximum Gasteiger partial charge on any atom is 0.315 e. The van der Waals surface area contributed by atoms with Crippen LogP contribution < -0.4 is 5.32 Å². The Labute approximate surface area is 120 Å². The fourth-order valence-corrected chi connectivity index (χ4v) is 2.47. The lowest BCUT2D eigenvalue weighted by atomic mass is 9.90. The van der Waals surface area contributed by atoms with Gasteiger partial charge in [0, 0.05) is 11.1 Å². The summed E-state index contributed by atoms with van der Waals surface area (Å²) in [6, 6.07) is 4.68. The van der Waals surface area contributed by atoms with Gasteiger partial charge in [0.1, 0.15) is 11.2 Å². The lowest BCUT2D eigenvalue weighted by Crippen LogP contribution is -2.28. The molecule has 0 spiro atoms. The van der Waals surface area contributed by atoms with E-state index in [4.69, 9.17) is 5.11 Å². The largest absolute Gasteiger partial charge is 0.481 e. The lowest BCUT2D eigenvalue weighted by Gasteiger charge is -2.15. The number of aliphatic carboxylic acids is 1. The Morgan fingerprint density at radius 1 is 1.45 bits per heavy atom. The predicted octanol–water partition coefficient (Wildman–Crippen LogP) is 3.70. The maximum atomic E-state index is 13.2. The van der Waals surface area contributed by atoms with E-state index in [0.717, 1.165) is 5.69 Å². The van der Waals surface area contributed by atoms with Crippen LogP contribution in [0.15, 0.2) is 23.6 Å². The van der Waals surface area contributed by atoms with E-state index in [2.05, 4.69) is 10.3 Å². The molecule has 0 aliphatic rings. The number of benzene rings is 1. The number of hydrogen-bond acceptors (Lipinski definition) is 4. The highest BCUT2D eigenvalue weighted by atomic mass is 32.1. The second kappa shape index (κ2) is 5.20. The van der Waals surface area contributed by atoms with Crippen molar-refractivity contribution in [3.05, 3.63) is 40.7 Å². The molecule has 4 nitrogen and oxygen atoms in total. The van der Waals surface area contributed by atoms with Crippen LogP contribution in [-0.4, -0.2) is 16.1 Å². The summed E-state index contributed by atoms with van der Waals surface area (Å²) in [6.07, 6.45) is 0. The van der Waals surface area contributed by atoms with Gasteiger partial charge in [-0.25, -0.2) is 9.37 Å². The summed E-state index contributed by atoms with van der Waals surface area (Å²) < 4.78 is 13.2. The van der Waals surface area contributed by atoms with Crippen molar-refractivity contribution in [3.8, 4) is 0 Å². The van der Waals surface area contributed by atoms with E-state index in [1.807, 2.05) is 0 Å². The van der Waals surface area contributed by atoms with Gasteiger partial charge in [-0.05, 0) is 44.5 Å². The van der Waals surface area contributed by atoms with Gasteiger partial charge in [0.25, 0.3) is 0 Å². The van der Waals surface area contributed by atoms with Gasteiger partial charge in [-0.3, -0.25) is 4.79 Å². The van der Waals surface area contributed by atoms with Gasteiger partial charge in [-0.15, -0.1) is 11.3 Å². The minimum absolute atomic E-state index is 0.262. The topological polar surface area (TPSA) is 62.2 Å². The van der Waals surface area contributed by atoms with E-state index in [-0.39, 0.29) is 5.82 Å². The van der Waals surface area contributed by atoms with Crippen molar-refractivity contribution < 1.29 is 14.3 Å². The number of rotatable bonds is 4. The Morgan fingerprint density at radius 2 is 2.15 bits per heavy atom. The van der Waals surface area contributed by atoms with Gasteiger partial charge in [-0.1, -0.05) is 0 Å². The van der Waals surface area contributed by atoms with Gasteiger partial charge < -0.3 is 10.4 Å². The molecular weight excluding hydrogens is 279 g/mol. The second-order valence-electron chi connectivity index (χ2n) is 5.06. The number of aromatic nitrogens is 1. The number of halogens is 1. The number of carbonyl (C=O) groups is 1. The molecule has 0 unspecified atom stereocenters. The minimum Gasteiger partial charge on any atom is -0.481 e. The van der Waals surface area contributed by atoms with Crippen LogP contribution in [0.3, 0.4) is 0 Å². The second-order valence-corrected chi connectivity index (χ2v) is 5.92. The fourth-order valence-electron chi connectivity index (χ4n) is 1.57. The molecule has 0 saturated heterocycles. The number of aryl methyl sites for hydroxylation is 1. The van der Waals surface area contributed by atoms with Crippen molar-refractivity contribution in [2.75, 3.05) is 5.32 Å². The van der Waals surface area contributed by atoms with Crippen molar-refractivity contribution in [2.45, 2.75) is 26.2 Å². The number of thiazole rings is 1. The van der Waals surface area contributed by atoms with Crippen LogP contribution in [-0.2, 0) is 10.2 Å². The summed E-state index contributed by atoms with van der Waals surface area (Å²) in [4.78, 5) is 15.5. The average molecular weight is 294 g/mol. The monoisotopic (exact) mass is 294 g/mol. The normalized spacial score (nSPS) is 11.4. The van der Waals surface area contributed by atoms with Gasteiger partial charge in [0.2, 0.25) is 0 Å². The van der Waals surface area contributed by atoms with E-state index >= 15 is 0 Å². The third kappa shape index (κ3) is 2.80. The molecule has 106 valence electrons. The Balaban J connectivity index is 2.21. The van der Waals surface area contributed by atoms with E-state index < -0.39 is 11.4 Å². The molecule has 0 amide bonds. The molecule has 2 N–H and O–H groups in total. The first-order valence-electron chi connectivity index (χ1n) is 6.03. The molecule has 20 heavy (non-hydrogen) atoms. The maximum absolute atomic E-state index is 13.2. The zero-order valence-corrected chi connectivity index (χ0v) is 12.2. The Kier molecular flexibility index (Phi) is 3.76. The summed E-state index contributed by atoms with van der Waals surface area (Å²) in [6.45, 7) is 4.90. The van der Waals surface area contributed by atoms with Crippen molar-refractivity contribution in [1.29, 1.82) is 0 Å². The van der Waals surface area contributed by atoms with Crippen LogP contribution in [0, 0.1) is 12.7 Å². The Bertz CT molecular complexity index is 652. The standard InChI is InChI=1S/C14H15FN2O2S/c1-8-6-9(4-5-10(8)15)16-13-17-11(7-20-13)14(2,3)12(18)19/h4-7H,1-3H3,(H,16,17)(H,18,19). The quantitative estimate of drug-likeness (QED) is 0.902. The van der Waals surface area contributed by atoms with Crippen molar-refractivity contribution in [3.63, 3.8) is 0 Å². The molecular formula is C14H15FN2O2S. The summed E-state index contributed by atoms with van der Waals surface area (Å²) in [5, 5.41) is 14.5. The van der Waals surface area contributed by atoms with Gasteiger partial charge >= 0.3 is 5.97 Å². The summed E-state index contributed by atoms with van der Waals surface area (Å²) >= 11 is 1.32. The van der Waals surface area contributed by atoms with Crippen molar-refractivity contribution >= 4 is 28.1 Å². The number of nitrogens with one attached hydrogen (secondary N) is 1. The highest BCUT2D eigenvalue weighted by molar-refractivity contribution is 7.13. The summed E-state index contributed by atoms with van der Waals surface area (Å²) in [7, 11) is 0. The van der Waals surface area contributed by atoms with Crippen LogP contribution in [0.5, 0.6) is 0 Å². The molecule has 0 aliphatic heterocycles. The fraction of sp³-hybridized carbons (Fsp3) is 0.286. The van der Waals surface area contributed by atoms with E-state index in [1.165, 1.54) is 17.4 Å². The first-order chi connectivity index (χ1) is 9.30. The lowest BCUT2D eigenvalue weighted by molar-refractivity contribution is -0.142. The SMILES string of the molecule is Cc1cc(Nc2nc(C(C)(C)C(=O)O)cs2)ccc1F. The molecule has 1 aromatic carbocycles. The summed E-state index contributed by atoms with van der Waals surface area (Å²) in [5.41, 5.74) is 0.724. The van der Waals surface area contributed by atoms with Gasteiger partial charge in [-0.2, -0.15) is 0 Å². The van der Waals surface area contributed by atoms with E-state index in [1.54, 1.807) is 38.3 Å². The van der Waals surface area contributed by atoms with Crippen LogP contribution in [0.1, 0.15) is 25.1 Å². The number of anilines is 2. The first-order valence-corrected chi connectivity index (χ1v) is 6.91. The molecule has 0 bridgehead atoms. The molecule has 0 saturated carbocycles. The van der Waals surface area contributed by atoms with Gasteiger partial charge in [0.15, 0.2) is 5.13 Å². The molecule has 2 aromatic rings. The molecule has 0 fully saturated rings. The van der Waals surface area contributed by atoms with Crippen LogP contribution in [0.2, 0.25) is 0 Å². The number of carboxylic acid groups (broad SMARTS) is 1. The Hall–Kier alpha value is -1.95. The minimum atomic E-state index is -1.03. The zero-order chi connectivity index (χ0) is 14.9. The highest BCUT2D eigenvalue weighted by Gasteiger charge is 2.32. The van der Waals surface area contributed by atoms with Crippen LogP contribution in [0.25, 0.3) is 0 Å².